The molecule has 242 valence electrons. The third-order valence-electron chi connectivity index (χ3n) is 10.9. The van der Waals surface area contributed by atoms with Crippen molar-refractivity contribution in [3.63, 3.8) is 0 Å². The summed E-state index contributed by atoms with van der Waals surface area (Å²) in [6.07, 6.45) is 4.53. The summed E-state index contributed by atoms with van der Waals surface area (Å²) in [7, 11) is 0. The highest BCUT2D eigenvalue weighted by molar-refractivity contribution is 6.08. The van der Waals surface area contributed by atoms with Gasteiger partial charge in [-0.25, -0.2) is 9.97 Å². The van der Waals surface area contributed by atoms with E-state index in [0.29, 0.717) is 5.82 Å². The zero-order chi connectivity index (χ0) is 34.2. The number of furan rings is 1. The van der Waals surface area contributed by atoms with Crippen LogP contribution in [0.25, 0.3) is 79.1 Å². The first kappa shape index (κ1) is 28.9. The summed E-state index contributed by atoms with van der Waals surface area (Å²) in [6.45, 7) is 0. The fourth-order valence-electron chi connectivity index (χ4n) is 8.64. The van der Waals surface area contributed by atoms with Gasteiger partial charge in [-0.3, -0.25) is 0 Å². The van der Waals surface area contributed by atoms with Crippen molar-refractivity contribution in [1.82, 2.24) is 9.97 Å². The van der Waals surface area contributed by atoms with Gasteiger partial charge in [0.2, 0.25) is 0 Å². The smallest absolute Gasteiger partial charge is 0.160 e. The van der Waals surface area contributed by atoms with Gasteiger partial charge in [0, 0.05) is 27.5 Å². The Labute approximate surface area is 301 Å². The van der Waals surface area contributed by atoms with Crippen molar-refractivity contribution in [3.8, 4) is 45.0 Å². The molecule has 2 aliphatic rings. The Hall–Kier alpha value is -6.84. The second-order valence-corrected chi connectivity index (χ2v) is 13.7. The first-order chi connectivity index (χ1) is 25.8. The third kappa shape index (κ3) is 4.14. The van der Waals surface area contributed by atoms with Gasteiger partial charge >= 0.3 is 0 Å². The monoisotopic (exact) mass is 662 g/mol. The summed E-state index contributed by atoms with van der Waals surface area (Å²) in [5.74, 6) is 0.693. The Morgan fingerprint density at radius 3 is 1.79 bits per heavy atom. The van der Waals surface area contributed by atoms with Gasteiger partial charge < -0.3 is 4.42 Å². The predicted molar refractivity (Wildman–Crippen MR) is 212 cm³/mol. The van der Waals surface area contributed by atoms with E-state index in [1.54, 1.807) is 0 Å². The maximum Gasteiger partial charge on any atom is 0.160 e. The van der Waals surface area contributed by atoms with E-state index in [4.69, 9.17) is 14.4 Å². The van der Waals surface area contributed by atoms with E-state index in [1.165, 1.54) is 38.9 Å². The molecule has 1 spiro atoms. The molecule has 11 rings (SSSR count). The molecule has 1 unspecified atom stereocenters. The van der Waals surface area contributed by atoms with Gasteiger partial charge in [0.15, 0.2) is 5.82 Å². The second-order valence-electron chi connectivity index (χ2n) is 13.7. The van der Waals surface area contributed by atoms with E-state index in [2.05, 4.69) is 164 Å². The van der Waals surface area contributed by atoms with Crippen LogP contribution in [0.3, 0.4) is 0 Å². The topological polar surface area (TPSA) is 38.9 Å². The average molecular weight is 663 g/mol. The minimum absolute atomic E-state index is 0.621. The highest BCUT2D eigenvalue weighted by atomic mass is 16.3. The lowest BCUT2D eigenvalue weighted by Crippen LogP contribution is -2.30. The number of benzene rings is 7. The lowest BCUT2D eigenvalue weighted by Gasteiger charge is -2.35. The van der Waals surface area contributed by atoms with E-state index in [-0.39, 0.29) is 0 Å². The molecule has 0 radical (unpaired) electrons. The van der Waals surface area contributed by atoms with Gasteiger partial charge in [-0.2, -0.15) is 0 Å². The van der Waals surface area contributed by atoms with Crippen LogP contribution in [0.15, 0.2) is 174 Å². The largest absolute Gasteiger partial charge is 0.456 e. The number of aromatic nitrogens is 2. The molecule has 52 heavy (non-hydrogen) atoms. The Bertz CT molecular complexity index is 2850. The molecule has 3 heteroatoms. The number of para-hydroxylation sites is 1. The van der Waals surface area contributed by atoms with Crippen LogP contribution < -0.4 is 0 Å². The highest BCUT2D eigenvalue weighted by Gasteiger charge is 2.49. The molecular formula is C49H30N2O. The summed E-state index contributed by atoms with van der Waals surface area (Å²) in [4.78, 5) is 10.5. The molecule has 1 atom stereocenters. The van der Waals surface area contributed by atoms with Crippen molar-refractivity contribution in [3.05, 3.63) is 203 Å². The van der Waals surface area contributed by atoms with Crippen molar-refractivity contribution < 1.29 is 4.42 Å². The van der Waals surface area contributed by atoms with Crippen molar-refractivity contribution >= 4 is 34.1 Å². The summed E-state index contributed by atoms with van der Waals surface area (Å²) in [5, 5.41) is 2.27. The van der Waals surface area contributed by atoms with Crippen LogP contribution in [0, 0.1) is 0 Å². The highest BCUT2D eigenvalue weighted by Crippen LogP contribution is 2.59. The van der Waals surface area contributed by atoms with Gasteiger partial charge in [0.25, 0.3) is 0 Å². The minimum Gasteiger partial charge on any atom is -0.456 e. The van der Waals surface area contributed by atoms with Crippen LogP contribution in [-0.2, 0) is 5.41 Å². The first-order valence-corrected chi connectivity index (χ1v) is 17.7. The van der Waals surface area contributed by atoms with Crippen LogP contribution in [0.5, 0.6) is 0 Å². The van der Waals surface area contributed by atoms with E-state index in [1.807, 2.05) is 18.2 Å². The molecule has 0 saturated heterocycles. The molecule has 3 nitrogen and oxygen atoms in total. The lowest BCUT2D eigenvalue weighted by molar-refractivity contribution is 0.666. The normalized spacial score (nSPS) is 15.3. The van der Waals surface area contributed by atoms with E-state index >= 15 is 0 Å². The molecule has 0 N–H and O–H groups in total. The van der Waals surface area contributed by atoms with Crippen molar-refractivity contribution in [2.45, 2.75) is 5.41 Å². The quantitative estimate of drug-likeness (QED) is 0.189. The Balaban J connectivity index is 1.22. The molecular weight excluding hydrogens is 633 g/mol. The number of hydrogen-bond acceptors (Lipinski definition) is 3. The second kappa shape index (κ2) is 11.1. The van der Waals surface area contributed by atoms with Crippen molar-refractivity contribution in [2.24, 2.45) is 0 Å². The fraction of sp³-hybridized carbons (Fsp3) is 0.0204. The summed E-state index contributed by atoms with van der Waals surface area (Å²) < 4.78 is 6.59. The standard InChI is InChI=1S/C49H30N2O/c1-3-14-33(15-4-1)44-30-45(34-16-5-2-6-17-34)51-48(50-44)35-26-25-32-24-23-31-13-7-10-20-40(31)49(42(32)27-35)41-21-11-8-18-36(41)38-28-39-37-19-9-12-22-46(37)52-47(39)29-43(38)49/h1-30H. The third-order valence-corrected chi connectivity index (χ3v) is 10.9. The molecule has 2 heterocycles. The first-order valence-electron chi connectivity index (χ1n) is 17.7. The number of fused-ring (bicyclic) bond motifs is 12. The minimum atomic E-state index is -0.621. The van der Waals surface area contributed by atoms with Crippen LogP contribution in [-0.4, -0.2) is 9.97 Å². The summed E-state index contributed by atoms with van der Waals surface area (Å²) >= 11 is 0. The van der Waals surface area contributed by atoms with Gasteiger partial charge in [-0.1, -0.05) is 152 Å². The SMILES string of the molecule is C1=Cc2ccc(-c3nc(-c4ccccc4)cc(-c4ccccc4)n3)cc2C2(c3ccccc31)c1ccccc1-c1cc3c(cc12)oc1ccccc13. The maximum absolute atomic E-state index is 6.59. The zero-order valence-corrected chi connectivity index (χ0v) is 28.1. The van der Waals surface area contributed by atoms with Crippen LogP contribution >= 0.6 is 0 Å². The molecule has 2 aromatic heterocycles. The summed E-state index contributed by atoms with van der Waals surface area (Å²) in [5.41, 5.74) is 15.8. The molecule has 7 aromatic carbocycles. The predicted octanol–water partition coefficient (Wildman–Crippen LogP) is 12.2. The molecule has 0 saturated carbocycles. The fourth-order valence-corrected chi connectivity index (χ4v) is 8.64. The van der Waals surface area contributed by atoms with E-state index in [9.17, 15) is 0 Å². The van der Waals surface area contributed by atoms with Crippen molar-refractivity contribution in [1.29, 1.82) is 0 Å². The van der Waals surface area contributed by atoms with Crippen LogP contribution in [0.4, 0.5) is 0 Å². The zero-order valence-electron chi connectivity index (χ0n) is 28.1. The Morgan fingerprint density at radius 2 is 1.02 bits per heavy atom. The Kier molecular flexibility index (Phi) is 6.17. The number of nitrogens with zero attached hydrogens (tertiary/aromatic N) is 2. The average Bonchev–Trinajstić information content (AvgIpc) is 3.67. The molecule has 0 fully saturated rings. The van der Waals surface area contributed by atoms with Gasteiger partial charge in [-0.05, 0) is 74.8 Å². The number of hydrogen-bond donors (Lipinski definition) is 0. The molecule has 0 aliphatic heterocycles. The maximum atomic E-state index is 6.59. The van der Waals surface area contributed by atoms with Gasteiger partial charge in [0.05, 0.1) is 16.8 Å². The molecule has 0 amide bonds. The molecule has 0 bridgehead atoms. The van der Waals surface area contributed by atoms with Crippen LogP contribution in [0.2, 0.25) is 0 Å². The number of rotatable bonds is 3. The van der Waals surface area contributed by atoms with E-state index in [0.717, 1.165) is 55.6 Å². The lowest BCUT2D eigenvalue weighted by atomic mass is 9.65. The van der Waals surface area contributed by atoms with Gasteiger partial charge in [-0.15, -0.1) is 0 Å². The molecule has 9 aromatic rings. The van der Waals surface area contributed by atoms with Gasteiger partial charge in [0.1, 0.15) is 11.2 Å². The summed E-state index contributed by atoms with van der Waals surface area (Å²) in [6, 6.07) is 60.4. The van der Waals surface area contributed by atoms with Crippen LogP contribution in [0.1, 0.15) is 33.4 Å². The molecule has 2 aliphatic carbocycles. The Morgan fingerprint density at radius 1 is 0.385 bits per heavy atom. The van der Waals surface area contributed by atoms with Crippen molar-refractivity contribution in [2.75, 3.05) is 0 Å². The van der Waals surface area contributed by atoms with E-state index < -0.39 is 5.41 Å².